The van der Waals surface area contributed by atoms with Crippen LogP contribution in [-0.4, -0.2) is 208 Å². The Morgan fingerprint density at radius 3 is 0.934 bits per heavy atom. The molecule has 566 valence electrons. The standard InChI is InChI=1S/C20H27N5O2.3C19H24FN5O.CH4/c1-4-17(26)25-9-14(6-5-12(25)2)24-20-18-16(15-7-13(15)10-27-3)8-21-19(18)22-11-23-20;3*1-4-15(26)25-9-12(6-5-11(25)2)24-18-16-13(14-7-19(14,3)20)8-21-17(16)22-10-23-18;/h4,8,11-15H,1,5-7,9-10H2,2-3H3,(H2,21,22,23,24);3*4,8,10-12,14H,1,5-7,9H2,2-3H3,(H2,21,22,23,24);1H4/t12-,13+,14+,15?;11-,12+,14?,19?;11-,12+,14+,19?;11-,12+,14-,19?;/m0000./s1. The molecule has 5 unspecified atom stereocenters. The molecular weight excluding hydrogens is 1350 g/mol. The number of methoxy groups -OCH3 is 1. The number of piperidine rings is 4. The smallest absolute Gasteiger partial charge is 0.246 e. The van der Waals surface area contributed by atoms with Crippen LogP contribution in [0.3, 0.4) is 0 Å². The maximum atomic E-state index is 14.2. The molecule has 0 spiro atoms. The molecule has 8 aromatic heterocycles. The number of carbonyl (C=O) groups excluding carboxylic acids is 4. The van der Waals surface area contributed by atoms with Crippen LogP contribution in [0.2, 0.25) is 0 Å². The molecule has 4 saturated carbocycles. The molecule has 25 nitrogen and oxygen atoms in total. The van der Waals surface area contributed by atoms with Gasteiger partial charge in [0.15, 0.2) is 0 Å². The minimum Gasteiger partial charge on any atom is -0.384 e. The summed E-state index contributed by atoms with van der Waals surface area (Å²) in [7, 11) is 1.75. The number of hydrogen-bond acceptors (Lipinski definition) is 17. The number of aromatic nitrogens is 12. The molecule has 106 heavy (non-hydrogen) atoms. The number of ether oxygens (including phenoxy) is 1. The fraction of sp³-hybridized carbons (Fsp3) is 0.538. The molecule has 12 heterocycles. The van der Waals surface area contributed by atoms with Crippen LogP contribution in [0.4, 0.5) is 36.4 Å². The summed E-state index contributed by atoms with van der Waals surface area (Å²) in [5, 5.41) is 17.6. The van der Waals surface area contributed by atoms with Gasteiger partial charge in [0, 0.05) is 131 Å². The van der Waals surface area contributed by atoms with Crippen molar-refractivity contribution >= 4 is 91.0 Å². The molecule has 4 aliphatic heterocycles. The molecule has 8 fully saturated rings. The Bertz CT molecular complexity index is 4230. The number of halogens is 3. The lowest BCUT2D eigenvalue weighted by Crippen LogP contribution is -2.49. The van der Waals surface area contributed by atoms with Crippen molar-refractivity contribution in [3.63, 3.8) is 0 Å². The number of amides is 4. The van der Waals surface area contributed by atoms with Gasteiger partial charge < -0.3 is 65.5 Å². The summed E-state index contributed by atoms with van der Waals surface area (Å²) in [4.78, 5) is 103. The van der Waals surface area contributed by atoms with E-state index >= 15 is 0 Å². The van der Waals surface area contributed by atoms with Crippen LogP contribution in [0.1, 0.15) is 179 Å². The van der Waals surface area contributed by atoms with Crippen LogP contribution in [0.25, 0.3) is 44.1 Å². The van der Waals surface area contributed by atoms with Crippen molar-refractivity contribution in [2.45, 2.75) is 222 Å². The molecule has 4 saturated heterocycles. The maximum absolute atomic E-state index is 14.2. The highest BCUT2D eigenvalue weighted by Gasteiger charge is 2.55. The van der Waals surface area contributed by atoms with Crippen molar-refractivity contribution in [2.75, 3.05) is 61.2 Å². The van der Waals surface area contributed by atoms with E-state index in [0.29, 0.717) is 91.7 Å². The first-order chi connectivity index (χ1) is 50.3. The second kappa shape index (κ2) is 31.0. The van der Waals surface area contributed by atoms with Gasteiger partial charge in [0.05, 0.1) is 21.5 Å². The van der Waals surface area contributed by atoms with E-state index in [1.807, 2.05) is 38.2 Å². The summed E-state index contributed by atoms with van der Waals surface area (Å²) >= 11 is 0. The molecule has 4 amide bonds. The second-order valence-electron chi connectivity index (χ2n) is 30.8. The molecule has 16 rings (SSSR count). The third-order valence-corrected chi connectivity index (χ3v) is 23.1. The van der Waals surface area contributed by atoms with Gasteiger partial charge in [-0.15, -0.1) is 0 Å². The van der Waals surface area contributed by atoms with Crippen LogP contribution >= 0.6 is 0 Å². The molecule has 0 radical (unpaired) electrons. The summed E-state index contributed by atoms with van der Waals surface area (Å²) in [6.45, 7) is 30.8. The quantitative estimate of drug-likeness (QED) is 0.0370. The van der Waals surface area contributed by atoms with Crippen LogP contribution in [-0.2, 0) is 23.9 Å². The molecule has 8 aliphatic rings. The van der Waals surface area contributed by atoms with E-state index in [9.17, 15) is 32.3 Å². The van der Waals surface area contributed by atoms with Crippen molar-refractivity contribution in [1.29, 1.82) is 0 Å². The van der Waals surface area contributed by atoms with E-state index in [-0.39, 0.29) is 97.1 Å². The number of nitrogens with one attached hydrogen (secondary N) is 8. The second-order valence-corrected chi connectivity index (χ2v) is 30.8. The molecule has 28 heteroatoms. The van der Waals surface area contributed by atoms with E-state index < -0.39 is 17.0 Å². The number of likely N-dealkylation sites (tertiary alicyclic amines) is 4. The zero-order valence-corrected chi connectivity index (χ0v) is 61.3. The largest absolute Gasteiger partial charge is 0.384 e. The van der Waals surface area contributed by atoms with E-state index in [0.717, 1.165) is 114 Å². The monoisotopic (exact) mass is 1460 g/mol. The number of alkyl halides is 3. The average Bonchev–Trinajstić information content (AvgIpc) is 1.60. The zero-order chi connectivity index (χ0) is 74.4. The lowest BCUT2D eigenvalue weighted by atomic mass is 9.99. The summed E-state index contributed by atoms with van der Waals surface area (Å²) in [5.41, 5.74) is 3.56. The summed E-state index contributed by atoms with van der Waals surface area (Å²) < 4.78 is 48.0. The molecule has 8 aromatic rings. The molecular formula is C78H103F3N20O5. The Balaban J connectivity index is 0.000000132. The van der Waals surface area contributed by atoms with Crippen LogP contribution < -0.4 is 21.3 Å². The zero-order valence-electron chi connectivity index (χ0n) is 61.3. The first-order valence-electron chi connectivity index (χ1n) is 37.0. The van der Waals surface area contributed by atoms with Gasteiger partial charge in [0.1, 0.15) is 88.2 Å². The lowest BCUT2D eigenvalue weighted by molar-refractivity contribution is -0.130. The molecule has 4 aliphatic carbocycles. The Morgan fingerprint density at radius 2 is 0.698 bits per heavy atom. The maximum Gasteiger partial charge on any atom is 0.246 e. The minimum absolute atomic E-state index is 0. The number of H-pyrrole nitrogens is 4. The fourth-order valence-electron chi connectivity index (χ4n) is 16.2. The Labute approximate surface area is 616 Å². The molecule has 0 aromatic carbocycles. The van der Waals surface area contributed by atoms with Crippen molar-refractivity contribution < 1.29 is 37.1 Å². The van der Waals surface area contributed by atoms with Gasteiger partial charge in [-0.2, -0.15) is 0 Å². The highest BCUT2D eigenvalue weighted by atomic mass is 19.2. The van der Waals surface area contributed by atoms with Gasteiger partial charge in [-0.25, -0.2) is 53.0 Å². The Morgan fingerprint density at radius 1 is 0.453 bits per heavy atom. The highest BCUT2D eigenvalue weighted by Crippen LogP contribution is 2.58. The first-order valence-corrected chi connectivity index (χ1v) is 37.0. The number of aromatic amines is 4. The first kappa shape index (κ1) is 75.9. The van der Waals surface area contributed by atoms with Crippen LogP contribution in [0.5, 0.6) is 0 Å². The van der Waals surface area contributed by atoms with Crippen LogP contribution in [0.15, 0.2) is 101 Å². The number of nitrogens with zero attached hydrogens (tertiary/aromatic N) is 12. The molecule has 0 bridgehead atoms. The van der Waals surface area contributed by atoms with E-state index in [1.54, 1.807) is 34.2 Å². The van der Waals surface area contributed by atoms with Crippen molar-refractivity contribution in [3.05, 3.63) is 123 Å². The fourth-order valence-corrected chi connectivity index (χ4v) is 16.2. The number of hydrogen-bond donors (Lipinski definition) is 8. The number of rotatable bonds is 18. The van der Waals surface area contributed by atoms with Crippen molar-refractivity contribution in [1.82, 2.24) is 79.4 Å². The number of anilines is 4. The van der Waals surface area contributed by atoms with E-state index in [4.69, 9.17) is 4.74 Å². The van der Waals surface area contributed by atoms with Gasteiger partial charge in [0.2, 0.25) is 23.6 Å². The third-order valence-electron chi connectivity index (χ3n) is 23.1. The summed E-state index contributed by atoms with van der Waals surface area (Å²) in [6, 6.07) is 1.27. The summed E-state index contributed by atoms with van der Waals surface area (Å²) in [5.74, 6) is 3.52. The molecule has 8 N–H and O–H groups in total. The molecule has 16 atom stereocenters. The van der Waals surface area contributed by atoms with Gasteiger partial charge in [-0.1, -0.05) is 33.7 Å². The predicted octanol–water partition coefficient (Wildman–Crippen LogP) is 12.8. The van der Waals surface area contributed by atoms with E-state index in [1.165, 1.54) is 48.8 Å². The Hall–Kier alpha value is -9.73. The number of fused-ring (bicyclic) bond motifs is 4. The minimum atomic E-state index is -1.16. The van der Waals surface area contributed by atoms with Gasteiger partial charge in [-0.05, 0) is 184 Å². The van der Waals surface area contributed by atoms with Crippen LogP contribution in [0, 0.1) is 5.92 Å². The normalized spacial score (nSPS) is 29.9. The van der Waals surface area contributed by atoms with Crippen molar-refractivity contribution in [2.24, 2.45) is 5.92 Å². The third kappa shape index (κ3) is 16.0. The van der Waals surface area contributed by atoms with Crippen molar-refractivity contribution in [3.8, 4) is 0 Å². The SMILES string of the molecule is C.C=CC(=O)N1C[C@H](Nc2ncnc3[nH]cc(C4CC4(C)F)c23)CC[C@@H]1C.C=CC(=O)N1C[C@H](Nc2ncnc3[nH]cc(C4C[C@@H]4COC)c23)CC[C@@H]1C.C=CC(=O)N1C[C@H](Nc2ncnc3[nH]cc([C@@H]4CC4(C)F)c23)CC[C@@H]1C.C=CC(=O)N1C[C@H](Nc2ncnc3[nH]cc([C@H]4CC4(C)F)c23)CC[C@@H]1C. The van der Waals surface area contributed by atoms with Gasteiger partial charge in [0.25, 0.3) is 0 Å². The number of carbonyl (C=O) groups is 4. The van der Waals surface area contributed by atoms with Gasteiger partial charge in [-0.3, -0.25) is 19.2 Å². The Kier molecular flexibility index (Phi) is 22.2. The topological polar surface area (TPSA) is 305 Å². The predicted molar refractivity (Wildman–Crippen MR) is 408 cm³/mol. The average molecular weight is 1460 g/mol. The summed E-state index contributed by atoms with van der Waals surface area (Å²) in [6.07, 6.45) is 29.4. The van der Waals surface area contributed by atoms with E-state index in [2.05, 4.69) is 141 Å². The highest BCUT2D eigenvalue weighted by molar-refractivity contribution is 5.95. The van der Waals surface area contributed by atoms with Gasteiger partial charge >= 0.3 is 0 Å². The lowest BCUT2D eigenvalue weighted by Gasteiger charge is -2.38.